The molecular formula is C21H27FN2O3. The van der Waals surface area contributed by atoms with Crippen LogP contribution in [-0.4, -0.2) is 46.3 Å². The fourth-order valence-electron chi connectivity index (χ4n) is 3.74. The first-order valence-corrected chi connectivity index (χ1v) is 9.40. The van der Waals surface area contributed by atoms with Gasteiger partial charge in [-0.25, -0.2) is 4.39 Å². The van der Waals surface area contributed by atoms with Crippen LogP contribution in [-0.2, 0) is 0 Å². The van der Waals surface area contributed by atoms with E-state index in [-0.39, 0.29) is 11.6 Å². The van der Waals surface area contributed by atoms with E-state index in [1.165, 1.54) is 24.4 Å². The van der Waals surface area contributed by atoms with Crippen molar-refractivity contribution in [2.75, 3.05) is 26.2 Å². The van der Waals surface area contributed by atoms with E-state index in [0.29, 0.717) is 30.7 Å². The van der Waals surface area contributed by atoms with Crippen LogP contribution < -0.4 is 4.74 Å². The number of rotatable bonds is 7. The third-order valence-corrected chi connectivity index (χ3v) is 5.31. The van der Waals surface area contributed by atoms with Crippen LogP contribution in [0.25, 0.3) is 0 Å². The first kappa shape index (κ1) is 19.6. The van der Waals surface area contributed by atoms with Gasteiger partial charge in [0.05, 0.1) is 18.5 Å². The number of pyridine rings is 1. The molecule has 3 atom stereocenters. The number of hydrogen-bond donors (Lipinski definition) is 2. The highest BCUT2D eigenvalue weighted by Crippen LogP contribution is 2.29. The van der Waals surface area contributed by atoms with Crippen molar-refractivity contribution in [1.29, 1.82) is 0 Å². The van der Waals surface area contributed by atoms with Gasteiger partial charge in [0.1, 0.15) is 23.4 Å². The lowest BCUT2D eigenvalue weighted by atomic mass is 9.94. The molecule has 3 rings (SSSR count). The lowest BCUT2D eigenvalue weighted by Gasteiger charge is -2.20. The summed E-state index contributed by atoms with van der Waals surface area (Å²) in [6.07, 6.45) is 1.70. The van der Waals surface area contributed by atoms with Crippen LogP contribution in [0, 0.1) is 24.6 Å². The molecule has 0 saturated carbocycles. The Morgan fingerprint density at radius 1 is 1.26 bits per heavy atom. The maximum atomic E-state index is 13.2. The van der Waals surface area contributed by atoms with Crippen molar-refractivity contribution in [3.63, 3.8) is 0 Å². The Kier molecular flexibility index (Phi) is 6.29. The molecule has 2 aromatic rings. The van der Waals surface area contributed by atoms with Crippen molar-refractivity contribution in [1.82, 2.24) is 9.88 Å². The summed E-state index contributed by atoms with van der Waals surface area (Å²) >= 11 is 0. The minimum absolute atomic E-state index is 0.0893. The fourth-order valence-corrected chi connectivity index (χ4v) is 3.74. The largest absolute Gasteiger partial charge is 0.506 e. The highest BCUT2D eigenvalue weighted by molar-refractivity contribution is 5.32. The minimum Gasteiger partial charge on any atom is -0.506 e. The van der Waals surface area contributed by atoms with Crippen LogP contribution in [0.15, 0.2) is 36.5 Å². The Balaban J connectivity index is 1.57. The Morgan fingerprint density at radius 2 is 2.04 bits per heavy atom. The predicted octanol–water partition coefficient (Wildman–Crippen LogP) is 3.31. The van der Waals surface area contributed by atoms with Gasteiger partial charge >= 0.3 is 0 Å². The van der Waals surface area contributed by atoms with Gasteiger partial charge in [0.2, 0.25) is 0 Å². The molecule has 1 aliphatic heterocycles. The smallest absolute Gasteiger partial charge is 0.133 e. The quantitative estimate of drug-likeness (QED) is 0.778. The number of halogens is 1. The number of ether oxygens (including phenoxy) is 1. The number of aromatic hydroxyl groups is 1. The van der Waals surface area contributed by atoms with Crippen molar-refractivity contribution < 1.29 is 19.3 Å². The number of aromatic nitrogens is 1. The topological polar surface area (TPSA) is 65.8 Å². The normalized spacial score (nSPS) is 21.3. The second-order valence-corrected chi connectivity index (χ2v) is 7.32. The Bertz CT molecular complexity index is 754. The number of aliphatic hydroxyl groups is 1. The molecule has 6 heteroatoms. The number of aryl methyl sites for hydroxylation is 1. The maximum Gasteiger partial charge on any atom is 0.133 e. The standard InChI is InChI=1S/C21H27FN2O3/c1-3-15-10-24(12-20(26)19-6-5-18(25)9-23-19)11-16(15)13-27-21-7-4-17(22)8-14(21)2/h4-9,15-16,20,25-26H,3,10-13H2,1-2H3. The molecule has 0 aliphatic carbocycles. The van der Waals surface area contributed by atoms with Crippen LogP contribution in [0.3, 0.4) is 0 Å². The van der Waals surface area contributed by atoms with Crippen molar-refractivity contribution >= 4 is 0 Å². The summed E-state index contributed by atoms with van der Waals surface area (Å²) in [5, 5.41) is 19.8. The van der Waals surface area contributed by atoms with Gasteiger partial charge in [0, 0.05) is 25.6 Å². The monoisotopic (exact) mass is 374 g/mol. The van der Waals surface area contributed by atoms with Crippen LogP contribution in [0.4, 0.5) is 4.39 Å². The van der Waals surface area contributed by atoms with Crippen molar-refractivity contribution in [3.05, 3.63) is 53.6 Å². The van der Waals surface area contributed by atoms with Crippen molar-refractivity contribution in [3.8, 4) is 11.5 Å². The molecular weight excluding hydrogens is 347 g/mol. The molecule has 27 heavy (non-hydrogen) atoms. The average Bonchev–Trinajstić information content (AvgIpc) is 3.03. The van der Waals surface area contributed by atoms with E-state index in [4.69, 9.17) is 4.74 Å². The lowest BCUT2D eigenvalue weighted by molar-refractivity contribution is 0.118. The molecule has 0 radical (unpaired) electrons. The molecule has 0 bridgehead atoms. The van der Waals surface area contributed by atoms with E-state index in [0.717, 1.165) is 30.8 Å². The van der Waals surface area contributed by atoms with Crippen LogP contribution in [0.2, 0.25) is 0 Å². The van der Waals surface area contributed by atoms with Gasteiger partial charge in [-0.05, 0) is 48.7 Å². The summed E-state index contributed by atoms with van der Waals surface area (Å²) in [7, 11) is 0. The van der Waals surface area contributed by atoms with E-state index in [2.05, 4.69) is 16.8 Å². The molecule has 1 fully saturated rings. The Morgan fingerprint density at radius 3 is 2.70 bits per heavy atom. The maximum absolute atomic E-state index is 13.2. The molecule has 1 saturated heterocycles. The Labute approximate surface area is 159 Å². The molecule has 146 valence electrons. The third-order valence-electron chi connectivity index (χ3n) is 5.31. The zero-order valence-corrected chi connectivity index (χ0v) is 15.8. The molecule has 2 heterocycles. The molecule has 1 aliphatic rings. The van der Waals surface area contributed by atoms with Crippen LogP contribution >= 0.6 is 0 Å². The van der Waals surface area contributed by atoms with Crippen LogP contribution in [0.1, 0.15) is 30.7 Å². The molecule has 0 spiro atoms. The number of benzene rings is 1. The first-order valence-electron chi connectivity index (χ1n) is 9.40. The Hall–Kier alpha value is -2.18. The summed E-state index contributed by atoms with van der Waals surface area (Å²) in [5.41, 5.74) is 1.36. The van der Waals surface area contributed by atoms with E-state index in [9.17, 15) is 14.6 Å². The summed E-state index contributed by atoms with van der Waals surface area (Å²) in [6.45, 7) is 6.84. The van der Waals surface area contributed by atoms with Gasteiger partial charge in [-0.3, -0.25) is 9.88 Å². The third kappa shape index (κ3) is 4.96. The molecule has 2 N–H and O–H groups in total. The number of hydrogen-bond acceptors (Lipinski definition) is 5. The van der Waals surface area contributed by atoms with Crippen LogP contribution in [0.5, 0.6) is 11.5 Å². The summed E-state index contributed by atoms with van der Waals surface area (Å²) < 4.78 is 19.2. The van der Waals surface area contributed by atoms with Crippen molar-refractivity contribution in [2.24, 2.45) is 11.8 Å². The lowest BCUT2D eigenvalue weighted by Crippen LogP contribution is -2.27. The zero-order chi connectivity index (χ0) is 19.4. The number of nitrogens with zero attached hydrogens (tertiary/aromatic N) is 2. The summed E-state index contributed by atoms with van der Waals surface area (Å²) in [6, 6.07) is 7.76. The zero-order valence-electron chi connectivity index (χ0n) is 15.8. The summed E-state index contributed by atoms with van der Waals surface area (Å²) in [5.74, 6) is 1.41. The number of aliphatic hydroxyl groups excluding tert-OH is 1. The van der Waals surface area contributed by atoms with Gasteiger partial charge in [-0.15, -0.1) is 0 Å². The van der Waals surface area contributed by atoms with Gasteiger partial charge in [0.15, 0.2) is 0 Å². The number of likely N-dealkylation sites (tertiary alicyclic amines) is 1. The van der Waals surface area contributed by atoms with Gasteiger partial charge in [-0.2, -0.15) is 0 Å². The van der Waals surface area contributed by atoms with E-state index < -0.39 is 6.10 Å². The van der Waals surface area contributed by atoms with E-state index in [1.807, 2.05) is 6.92 Å². The molecule has 1 aromatic carbocycles. The minimum atomic E-state index is -0.692. The van der Waals surface area contributed by atoms with Gasteiger partial charge in [0.25, 0.3) is 0 Å². The molecule has 5 nitrogen and oxygen atoms in total. The second-order valence-electron chi connectivity index (χ2n) is 7.32. The predicted molar refractivity (Wildman–Crippen MR) is 101 cm³/mol. The van der Waals surface area contributed by atoms with Crippen molar-refractivity contribution in [2.45, 2.75) is 26.4 Å². The SMILES string of the molecule is CCC1CN(CC(O)c2ccc(O)cn2)CC1COc1ccc(F)cc1C. The van der Waals surface area contributed by atoms with E-state index in [1.54, 1.807) is 12.1 Å². The highest BCUT2D eigenvalue weighted by atomic mass is 19.1. The van der Waals surface area contributed by atoms with E-state index >= 15 is 0 Å². The molecule has 3 unspecified atom stereocenters. The second kappa shape index (κ2) is 8.67. The fraction of sp³-hybridized carbons (Fsp3) is 0.476. The van der Waals surface area contributed by atoms with Gasteiger partial charge in [-0.1, -0.05) is 13.3 Å². The summed E-state index contributed by atoms with van der Waals surface area (Å²) in [4.78, 5) is 6.32. The van der Waals surface area contributed by atoms with Gasteiger partial charge < -0.3 is 14.9 Å². The molecule has 0 amide bonds. The highest BCUT2D eigenvalue weighted by Gasteiger charge is 2.33. The average molecular weight is 374 g/mol. The molecule has 1 aromatic heterocycles. The first-order chi connectivity index (χ1) is 13.0. The number of β-amino-alcohol motifs (C(OH)–C–C–N with tert-alkyl or cyclic N) is 1.